The Morgan fingerprint density at radius 2 is 1.49 bits per heavy atom. The van der Waals surface area contributed by atoms with Crippen molar-refractivity contribution in [3.8, 4) is 22.6 Å². The number of carbonyl (C=O) groups is 5. The van der Waals surface area contributed by atoms with Gasteiger partial charge in [-0.1, -0.05) is 0 Å². The van der Waals surface area contributed by atoms with Gasteiger partial charge in [-0.05, 0) is 86.0 Å². The van der Waals surface area contributed by atoms with Crippen molar-refractivity contribution in [1.82, 2.24) is 34.8 Å². The summed E-state index contributed by atoms with van der Waals surface area (Å²) in [5, 5.41) is 5.11. The number of nitrogens with one attached hydrogen (secondary N) is 2. The molecule has 6 amide bonds. The lowest BCUT2D eigenvalue weighted by Crippen LogP contribution is -2.54. The normalized spacial score (nSPS) is 19.9. The van der Waals surface area contributed by atoms with E-state index in [0.29, 0.717) is 55.3 Å². The van der Waals surface area contributed by atoms with Gasteiger partial charge in [-0.15, -0.1) is 0 Å². The number of fused-ring (bicyclic) bond motifs is 2. The van der Waals surface area contributed by atoms with Gasteiger partial charge >= 0.3 is 6.03 Å². The van der Waals surface area contributed by atoms with E-state index in [4.69, 9.17) is 14.2 Å². The molecule has 3 saturated heterocycles. The van der Waals surface area contributed by atoms with Crippen LogP contribution in [0.5, 0.6) is 11.5 Å². The van der Waals surface area contributed by atoms with Gasteiger partial charge in [0, 0.05) is 102 Å². The van der Waals surface area contributed by atoms with Crippen LogP contribution in [0, 0.1) is 5.92 Å². The molecule has 1 unspecified atom stereocenters. The molecule has 1 aromatic heterocycles. The average molecular weight is 867 g/mol. The number of ether oxygens (including phenoxy) is 3. The van der Waals surface area contributed by atoms with E-state index in [2.05, 4.69) is 25.3 Å². The lowest BCUT2D eigenvalue weighted by Gasteiger charge is -2.37. The van der Waals surface area contributed by atoms with Crippen molar-refractivity contribution in [2.24, 2.45) is 13.0 Å². The van der Waals surface area contributed by atoms with Crippen LogP contribution in [0.25, 0.3) is 11.1 Å². The zero-order valence-electron chi connectivity index (χ0n) is 36.7. The number of hydrogen-bond donors (Lipinski definition) is 2. The molecule has 0 radical (unpaired) electrons. The number of benzene rings is 2. The Bertz CT molecular complexity index is 2310. The first-order chi connectivity index (χ1) is 30.5. The number of nitrogens with zero attached hydrogens (tertiary/aromatic N) is 6. The number of hydrogen-bond acceptors (Lipinski definition) is 12. The Kier molecular flexibility index (Phi) is 13.2. The highest BCUT2D eigenvalue weighted by Crippen LogP contribution is 2.39. The van der Waals surface area contributed by atoms with E-state index in [1.54, 1.807) is 50.0 Å². The number of methoxy groups -OCH3 is 3. The summed E-state index contributed by atoms with van der Waals surface area (Å²) in [6, 6.07) is 8.24. The lowest BCUT2D eigenvalue weighted by atomic mass is 9.91. The van der Waals surface area contributed by atoms with Gasteiger partial charge in [0.15, 0.2) is 0 Å². The molecule has 6 heterocycles. The number of pyridine rings is 1. The molecule has 17 nitrogen and oxygen atoms in total. The number of piperazine rings is 1. The number of carbonyl (C=O) groups excluding carboxylic acids is 5. The summed E-state index contributed by atoms with van der Waals surface area (Å²) in [6.45, 7) is 8.71. The van der Waals surface area contributed by atoms with Crippen molar-refractivity contribution in [2.75, 3.05) is 91.7 Å². The van der Waals surface area contributed by atoms with E-state index in [0.717, 1.165) is 109 Å². The minimum absolute atomic E-state index is 0.0909. The highest BCUT2D eigenvalue weighted by atomic mass is 16.5. The molecule has 0 saturated carbocycles. The predicted octanol–water partition coefficient (Wildman–Crippen LogP) is 2.61. The molecule has 2 N–H and O–H groups in total. The molecule has 336 valence electrons. The quantitative estimate of drug-likeness (QED) is 0.190. The fraction of sp³-hybridized carbons (Fsp3) is 0.522. The molecule has 8 rings (SSSR count). The van der Waals surface area contributed by atoms with Gasteiger partial charge in [0.2, 0.25) is 11.8 Å². The van der Waals surface area contributed by atoms with Crippen LogP contribution < -0.4 is 30.6 Å². The van der Waals surface area contributed by atoms with Crippen LogP contribution in [-0.4, -0.2) is 147 Å². The molecular formula is C46H58N8O9. The molecule has 3 aromatic rings. The van der Waals surface area contributed by atoms with Gasteiger partial charge < -0.3 is 38.8 Å². The fourth-order valence-electron chi connectivity index (χ4n) is 9.78. The smallest absolute Gasteiger partial charge is 0.317 e. The number of amides is 6. The molecule has 17 heteroatoms. The highest BCUT2D eigenvalue weighted by molar-refractivity contribution is 6.23. The van der Waals surface area contributed by atoms with E-state index in [1.807, 2.05) is 24.4 Å². The maximum absolute atomic E-state index is 13.4. The van der Waals surface area contributed by atoms with Gasteiger partial charge in [-0.25, -0.2) is 4.79 Å². The van der Waals surface area contributed by atoms with E-state index < -0.39 is 29.7 Å². The molecular weight excluding hydrogens is 809 g/mol. The fourth-order valence-corrected chi connectivity index (χ4v) is 9.78. The summed E-state index contributed by atoms with van der Waals surface area (Å²) in [4.78, 5) is 86.8. The van der Waals surface area contributed by atoms with Crippen LogP contribution in [0.15, 0.2) is 41.3 Å². The summed E-state index contributed by atoms with van der Waals surface area (Å²) in [5.74, 6) is 0.0786. The first-order valence-electron chi connectivity index (χ1n) is 22.0. The van der Waals surface area contributed by atoms with E-state index in [9.17, 15) is 28.8 Å². The van der Waals surface area contributed by atoms with E-state index >= 15 is 0 Å². The van der Waals surface area contributed by atoms with Crippen LogP contribution in [0.2, 0.25) is 0 Å². The van der Waals surface area contributed by atoms with Gasteiger partial charge in [0.25, 0.3) is 17.4 Å². The van der Waals surface area contributed by atoms with Crippen LogP contribution in [-0.2, 0) is 40.9 Å². The number of imide groups is 2. The van der Waals surface area contributed by atoms with Crippen LogP contribution in [0.4, 0.5) is 10.5 Å². The topological polar surface area (TPSA) is 175 Å². The Morgan fingerprint density at radius 1 is 0.794 bits per heavy atom. The van der Waals surface area contributed by atoms with Crippen molar-refractivity contribution in [1.29, 1.82) is 0 Å². The summed E-state index contributed by atoms with van der Waals surface area (Å²) in [7, 11) is 6.68. The maximum atomic E-state index is 13.4. The Balaban J connectivity index is 0.835. The first kappa shape index (κ1) is 43.9. The molecule has 5 aliphatic rings. The van der Waals surface area contributed by atoms with Crippen molar-refractivity contribution in [3.05, 3.63) is 74.7 Å². The van der Waals surface area contributed by atoms with Crippen molar-refractivity contribution < 1.29 is 38.2 Å². The Hall–Kier alpha value is -5.78. The summed E-state index contributed by atoms with van der Waals surface area (Å²) in [5.41, 5.74) is 5.75. The third kappa shape index (κ3) is 9.04. The number of aromatic nitrogens is 1. The second kappa shape index (κ2) is 18.9. The van der Waals surface area contributed by atoms with Gasteiger partial charge in [-0.3, -0.25) is 39.1 Å². The zero-order valence-corrected chi connectivity index (χ0v) is 36.7. The van der Waals surface area contributed by atoms with E-state index in [1.165, 1.54) is 0 Å². The van der Waals surface area contributed by atoms with Gasteiger partial charge in [0.05, 0.1) is 44.1 Å². The lowest BCUT2D eigenvalue weighted by molar-refractivity contribution is -0.136. The number of urea groups is 1. The Labute approximate surface area is 367 Å². The summed E-state index contributed by atoms with van der Waals surface area (Å²) in [6.07, 6.45) is 5.83. The number of rotatable bonds is 13. The van der Waals surface area contributed by atoms with E-state index in [-0.39, 0.29) is 31.0 Å². The summed E-state index contributed by atoms with van der Waals surface area (Å²) < 4.78 is 18.6. The molecule has 0 aliphatic carbocycles. The molecule has 5 aliphatic heterocycles. The van der Waals surface area contributed by atoms with Gasteiger partial charge in [0.1, 0.15) is 17.5 Å². The maximum Gasteiger partial charge on any atom is 0.317 e. The summed E-state index contributed by atoms with van der Waals surface area (Å²) >= 11 is 0. The molecule has 3 fully saturated rings. The molecule has 2 aromatic carbocycles. The zero-order chi connectivity index (χ0) is 44.4. The molecule has 0 bridgehead atoms. The minimum atomic E-state index is -0.974. The standard InChI is InChI=1S/C46H58N8O9/c1-49-26-35(32-12-17-53(28-36(32)43(49)57)46(60)47-13-22-61-2)30-23-39(62-3)37(40(24-30)63-4)27-51-20-18-50(19-21-51)14-9-29-10-15-52(16-11-29)31-5-6-33-34(25-31)45(59)54(44(33)58)38-7-8-41(55)48-42(38)56/h5-6,23-26,29,38H,7-22,27-28H2,1-4H3,(H,47,60)(H,48,55,56). The minimum Gasteiger partial charge on any atom is -0.496 e. The number of aryl methyl sites for hydroxylation is 1. The molecule has 1 atom stereocenters. The van der Waals surface area contributed by atoms with Crippen LogP contribution in [0.1, 0.15) is 69.5 Å². The largest absolute Gasteiger partial charge is 0.496 e. The second-order valence-corrected chi connectivity index (χ2v) is 17.2. The monoisotopic (exact) mass is 866 g/mol. The van der Waals surface area contributed by atoms with Crippen molar-refractivity contribution >= 4 is 35.3 Å². The molecule has 0 spiro atoms. The highest BCUT2D eigenvalue weighted by Gasteiger charge is 2.45. The first-order valence-corrected chi connectivity index (χ1v) is 22.0. The van der Waals surface area contributed by atoms with Crippen molar-refractivity contribution in [3.63, 3.8) is 0 Å². The Morgan fingerprint density at radius 3 is 2.17 bits per heavy atom. The molecule has 63 heavy (non-hydrogen) atoms. The predicted molar refractivity (Wildman–Crippen MR) is 234 cm³/mol. The average Bonchev–Trinajstić information content (AvgIpc) is 3.54. The second-order valence-electron chi connectivity index (χ2n) is 17.2. The number of anilines is 1. The number of piperidine rings is 2. The third-order valence-electron chi connectivity index (χ3n) is 13.5. The van der Waals surface area contributed by atoms with Crippen LogP contribution >= 0.6 is 0 Å². The van der Waals surface area contributed by atoms with Crippen LogP contribution in [0.3, 0.4) is 0 Å². The van der Waals surface area contributed by atoms with Crippen molar-refractivity contribution in [2.45, 2.75) is 57.7 Å². The third-order valence-corrected chi connectivity index (χ3v) is 13.5. The SMILES string of the molecule is COCCNC(=O)N1CCc2c(-c3cc(OC)c(CN4CCN(CCC5CCN(c6ccc7c(c6)C(=O)N(C6CCC(=O)NC6=O)C7=O)CC5)CC4)c(OC)c3)cn(C)c(=O)c2C1. The van der Waals surface area contributed by atoms with Gasteiger partial charge in [-0.2, -0.15) is 0 Å².